The van der Waals surface area contributed by atoms with Crippen molar-refractivity contribution in [3.63, 3.8) is 0 Å². The molecule has 1 fully saturated rings. The van der Waals surface area contributed by atoms with Gasteiger partial charge in [0.05, 0.1) is 19.9 Å². The second-order valence-corrected chi connectivity index (χ2v) is 9.88. The number of H-pyrrole nitrogens is 1. The number of aromatic amines is 1. The van der Waals surface area contributed by atoms with Crippen LogP contribution >= 0.6 is 0 Å². The molecule has 3 aromatic rings. The van der Waals surface area contributed by atoms with Crippen LogP contribution < -0.4 is 14.2 Å². The number of hydrogen-bond acceptors (Lipinski definition) is 6. The van der Waals surface area contributed by atoms with Crippen LogP contribution in [0.3, 0.4) is 0 Å². The third-order valence-corrected chi connectivity index (χ3v) is 6.34. The zero-order valence-corrected chi connectivity index (χ0v) is 20.7. The molecule has 34 heavy (non-hydrogen) atoms. The number of rotatable bonds is 7. The summed E-state index contributed by atoms with van der Waals surface area (Å²) in [5, 5.41) is 5.68. The molecule has 1 N–H and O–H groups in total. The van der Waals surface area contributed by atoms with Gasteiger partial charge in [-0.2, -0.15) is 0 Å². The lowest BCUT2D eigenvalue weighted by molar-refractivity contribution is 0.00122. The maximum atomic E-state index is 6.14. The standard InChI is InChI=1S/C27H33N3O4/c1-27(2,3)34-29-26-19-16-23(32-5)22(31-4)15-18(19)25-24(26)20-14-17(8-9-21(20)28-25)33-13-12-30-10-6-7-11-30/h8-9,14-16,28H,6-7,10-13H2,1-5H3/b29-26-. The third kappa shape index (κ3) is 4.20. The molecule has 0 saturated carbocycles. The topological polar surface area (TPSA) is 68.3 Å². The summed E-state index contributed by atoms with van der Waals surface area (Å²) in [6.07, 6.45) is 2.58. The number of benzene rings is 2. The van der Waals surface area contributed by atoms with Gasteiger partial charge in [-0.05, 0) is 77.0 Å². The van der Waals surface area contributed by atoms with E-state index in [9.17, 15) is 0 Å². The first-order chi connectivity index (χ1) is 16.4. The number of hydrogen-bond donors (Lipinski definition) is 1. The van der Waals surface area contributed by atoms with Crippen molar-refractivity contribution in [1.82, 2.24) is 9.88 Å². The Morgan fingerprint density at radius 1 is 0.971 bits per heavy atom. The molecule has 2 aliphatic rings. The molecule has 0 bridgehead atoms. The van der Waals surface area contributed by atoms with Gasteiger partial charge in [0.2, 0.25) is 0 Å². The normalized spacial score (nSPS) is 16.7. The van der Waals surface area contributed by atoms with Gasteiger partial charge in [0, 0.05) is 34.1 Å². The average molecular weight is 464 g/mol. The number of fused-ring (bicyclic) bond motifs is 5. The Balaban J connectivity index is 1.55. The van der Waals surface area contributed by atoms with Crippen molar-refractivity contribution in [2.45, 2.75) is 39.2 Å². The highest BCUT2D eigenvalue weighted by Gasteiger charge is 2.32. The van der Waals surface area contributed by atoms with Crippen molar-refractivity contribution < 1.29 is 19.0 Å². The predicted molar refractivity (Wildman–Crippen MR) is 134 cm³/mol. The van der Waals surface area contributed by atoms with Crippen LogP contribution in [0.5, 0.6) is 17.2 Å². The Morgan fingerprint density at radius 2 is 1.68 bits per heavy atom. The van der Waals surface area contributed by atoms with Crippen LogP contribution in [0, 0.1) is 0 Å². The maximum Gasteiger partial charge on any atom is 0.161 e. The Bertz CT molecular complexity index is 1230. The summed E-state index contributed by atoms with van der Waals surface area (Å²) in [4.78, 5) is 11.9. The van der Waals surface area contributed by atoms with Gasteiger partial charge in [-0.25, -0.2) is 0 Å². The van der Waals surface area contributed by atoms with Crippen LogP contribution in [0.2, 0.25) is 0 Å². The van der Waals surface area contributed by atoms with E-state index in [0.29, 0.717) is 18.1 Å². The van der Waals surface area contributed by atoms with Crippen molar-refractivity contribution in [2.75, 3.05) is 40.5 Å². The van der Waals surface area contributed by atoms with Crippen molar-refractivity contribution >= 4 is 16.6 Å². The minimum atomic E-state index is -0.414. The van der Waals surface area contributed by atoms with Crippen LogP contribution in [0.25, 0.3) is 22.2 Å². The van der Waals surface area contributed by atoms with E-state index in [2.05, 4.69) is 27.2 Å². The lowest BCUT2D eigenvalue weighted by Gasteiger charge is -2.17. The molecule has 1 aliphatic heterocycles. The molecule has 1 saturated heterocycles. The zero-order valence-electron chi connectivity index (χ0n) is 20.7. The van der Waals surface area contributed by atoms with Gasteiger partial charge in [-0.1, -0.05) is 5.16 Å². The molecule has 180 valence electrons. The van der Waals surface area contributed by atoms with E-state index in [1.54, 1.807) is 14.2 Å². The second-order valence-electron chi connectivity index (χ2n) is 9.88. The van der Waals surface area contributed by atoms with E-state index in [-0.39, 0.29) is 0 Å². The molecule has 5 rings (SSSR count). The maximum absolute atomic E-state index is 6.14. The van der Waals surface area contributed by atoms with E-state index in [1.807, 2.05) is 39.0 Å². The van der Waals surface area contributed by atoms with Crippen LogP contribution in [-0.4, -0.2) is 61.7 Å². The number of oxime groups is 1. The summed E-state index contributed by atoms with van der Waals surface area (Å²) < 4.78 is 17.3. The first-order valence-corrected chi connectivity index (χ1v) is 11.9. The van der Waals surface area contributed by atoms with Crippen LogP contribution in [0.4, 0.5) is 0 Å². The van der Waals surface area contributed by atoms with Crippen LogP contribution in [0.1, 0.15) is 44.7 Å². The molecule has 0 spiro atoms. The zero-order chi connectivity index (χ0) is 23.9. The lowest BCUT2D eigenvalue weighted by Crippen LogP contribution is -2.25. The summed E-state index contributed by atoms with van der Waals surface area (Å²) in [5.74, 6) is 2.19. The van der Waals surface area contributed by atoms with Gasteiger partial charge in [0.1, 0.15) is 23.7 Å². The number of nitrogens with one attached hydrogen (secondary N) is 1. The number of methoxy groups -OCH3 is 2. The molecule has 7 heteroatoms. The van der Waals surface area contributed by atoms with Gasteiger partial charge in [0.15, 0.2) is 11.5 Å². The Labute approximate surface area is 200 Å². The highest BCUT2D eigenvalue weighted by Crippen LogP contribution is 2.46. The fourth-order valence-corrected chi connectivity index (χ4v) is 4.70. The van der Waals surface area contributed by atoms with Gasteiger partial charge < -0.3 is 24.0 Å². The van der Waals surface area contributed by atoms with Gasteiger partial charge in [0.25, 0.3) is 0 Å². The smallest absolute Gasteiger partial charge is 0.161 e. The summed E-state index contributed by atoms with van der Waals surface area (Å²) >= 11 is 0. The van der Waals surface area contributed by atoms with Crippen molar-refractivity contribution in [1.29, 1.82) is 0 Å². The molecular weight excluding hydrogens is 430 g/mol. The van der Waals surface area contributed by atoms with Gasteiger partial charge in [-0.3, -0.25) is 4.90 Å². The van der Waals surface area contributed by atoms with Gasteiger partial charge in [-0.15, -0.1) is 0 Å². The number of nitrogens with zero attached hydrogens (tertiary/aromatic N) is 2. The van der Waals surface area contributed by atoms with E-state index in [4.69, 9.17) is 19.0 Å². The molecular formula is C27H33N3O4. The summed E-state index contributed by atoms with van der Waals surface area (Å²) in [6.45, 7) is 9.96. The Kier molecular flexibility index (Phi) is 5.90. The molecule has 1 aliphatic carbocycles. The highest BCUT2D eigenvalue weighted by molar-refractivity contribution is 6.30. The SMILES string of the molecule is COc1cc2c(cc1OC)-c1[nH]c3ccc(OCCN4CCCC4)cc3c1/C2=N\OC(C)(C)C. The van der Waals surface area contributed by atoms with Gasteiger partial charge >= 0.3 is 0 Å². The van der Waals surface area contributed by atoms with Crippen molar-refractivity contribution in [2.24, 2.45) is 5.16 Å². The third-order valence-electron chi connectivity index (χ3n) is 6.34. The first-order valence-electron chi connectivity index (χ1n) is 11.9. The number of ether oxygens (including phenoxy) is 3. The summed E-state index contributed by atoms with van der Waals surface area (Å²) in [6, 6.07) is 10.2. The second kappa shape index (κ2) is 8.87. The Hall–Kier alpha value is -3.19. The fraction of sp³-hybridized carbons (Fsp3) is 0.444. The highest BCUT2D eigenvalue weighted by atomic mass is 16.6. The average Bonchev–Trinajstić information content (AvgIpc) is 3.52. The number of aromatic nitrogens is 1. The molecule has 7 nitrogen and oxygen atoms in total. The first kappa shape index (κ1) is 22.6. The molecule has 0 atom stereocenters. The molecule has 2 aromatic carbocycles. The van der Waals surface area contributed by atoms with E-state index in [0.717, 1.165) is 51.3 Å². The minimum Gasteiger partial charge on any atom is -0.493 e. The van der Waals surface area contributed by atoms with E-state index < -0.39 is 5.60 Å². The van der Waals surface area contributed by atoms with Crippen molar-refractivity contribution in [3.8, 4) is 28.5 Å². The van der Waals surface area contributed by atoms with E-state index in [1.165, 1.54) is 25.9 Å². The molecule has 1 aromatic heterocycles. The predicted octanol–water partition coefficient (Wildman–Crippen LogP) is 5.21. The van der Waals surface area contributed by atoms with Crippen LogP contribution in [-0.2, 0) is 4.84 Å². The quantitative estimate of drug-likeness (QED) is 0.381. The molecule has 0 unspecified atom stereocenters. The lowest BCUT2D eigenvalue weighted by atomic mass is 10.1. The largest absolute Gasteiger partial charge is 0.493 e. The molecule has 2 heterocycles. The minimum absolute atomic E-state index is 0.414. The Morgan fingerprint density at radius 3 is 2.35 bits per heavy atom. The van der Waals surface area contributed by atoms with E-state index >= 15 is 0 Å². The van der Waals surface area contributed by atoms with Crippen molar-refractivity contribution in [3.05, 3.63) is 41.5 Å². The number of likely N-dealkylation sites (tertiary alicyclic amines) is 1. The summed E-state index contributed by atoms with van der Waals surface area (Å²) in [7, 11) is 3.29. The van der Waals surface area contributed by atoms with Crippen LogP contribution in [0.15, 0.2) is 35.5 Å². The summed E-state index contributed by atoms with van der Waals surface area (Å²) in [5.41, 5.74) is 5.36. The monoisotopic (exact) mass is 463 g/mol. The molecule has 0 radical (unpaired) electrons. The fourth-order valence-electron chi connectivity index (χ4n) is 4.70. The molecule has 0 amide bonds.